The number of sulfonamides is 1. The molecule has 1 atom stereocenters. The molecule has 1 aliphatic heterocycles. The molecule has 4 nitrogen and oxygen atoms in total. The normalized spacial score (nSPS) is 19.2. The third kappa shape index (κ3) is 5.03. The van der Waals surface area contributed by atoms with Gasteiger partial charge in [0.2, 0.25) is 10.0 Å². The highest BCUT2D eigenvalue weighted by Gasteiger charge is 2.19. The van der Waals surface area contributed by atoms with Crippen molar-refractivity contribution in [3.63, 3.8) is 0 Å². The van der Waals surface area contributed by atoms with Crippen LogP contribution < -0.4 is 4.72 Å². The first kappa shape index (κ1) is 18.4. The molecule has 1 unspecified atom stereocenters. The maximum atomic E-state index is 11.8. The molecule has 1 heterocycles. The first-order valence-corrected chi connectivity index (χ1v) is 10.1. The zero-order chi connectivity index (χ0) is 17.0. The molecule has 1 saturated heterocycles. The van der Waals surface area contributed by atoms with Crippen LogP contribution in [0.1, 0.15) is 56.6 Å². The fourth-order valence-electron chi connectivity index (χ4n) is 2.96. The highest BCUT2D eigenvalue weighted by atomic mass is 32.2. The molecule has 1 aliphatic rings. The molecular formula is C18H30N2O2S. The van der Waals surface area contributed by atoms with Gasteiger partial charge in [-0.1, -0.05) is 31.2 Å². The lowest BCUT2D eigenvalue weighted by atomic mass is 9.88. The van der Waals surface area contributed by atoms with Crippen LogP contribution in [0.15, 0.2) is 24.3 Å². The van der Waals surface area contributed by atoms with Crippen molar-refractivity contribution in [3.05, 3.63) is 35.4 Å². The van der Waals surface area contributed by atoms with E-state index in [4.69, 9.17) is 0 Å². The van der Waals surface area contributed by atoms with Crippen LogP contribution in [0.3, 0.4) is 0 Å². The minimum absolute atomic E-state index is 0.176. The van der Waals surface area contributed by atoms with Crippen LogP contribution in [-0.4, -0.2) is 45.2 Å². The number of nitrogens with one attached hydrogen (secondary N) is 1. The molecule has 5 heteroatoms. The molecule has 0 amide bonds. The molecule has 0 spiro atoms. The van der Waals surface area contributed by atoms with Gasteiger partial charge in [0.25, 0.3) is 0 Å². The van der Waals surface area contributed by atoms with Crippen molar-refractivity contribution in [1.82, 2.24) is 9.62 Å². The summed E-state index contributed by atoms with van der Waals surface area (Å²) in [6, 6.07) is 8.75. The molecule has 1 aromatic rings. The molecule has 1 N–H and O–H groups in total. The SMILES string of the molecule is CC(CNS(=O)(=O)C(C)C)c1ccc(C2CCN(C)CC2)cc1. The third-order valence-electron chi connectivity index (χ3n) is 4.91. The molecule has 23 heavy (non-hydrogen) atoms. The lowest BCUT2D eigenvalue weighted by Crippen LogP contribution is -2.33. The average Bonchev–Trinajstić information content (AvgIpc) is 2.53. The number of nitrogens with zero attached hydrogens (tertiary/aromatic N) is 1. The summed E-state index contributed by atoms with van der Waals surface area (Å²) in [5.74, 6) is 0.838. The molecule has 130 valence electrons. The molecule has 0 aromatic heterocycles. The summed E-state index contributed by atoms with van der Waals surface area (Å²) in [6.45, 7) is 8.24. The van der Waals surface area contributed by atoms with E-state index in [-0.39, 0.29) is 11.2 Å². The molecule has 0 radical (unpaired) electrons. The highest BCUT2D eigenvalue weighted by molar-refractivity contribution is 7.90. The van der Waals surface area contributed by atoms with E-state index < -0.39 is 10.0 Å². The Morgan fingerprint density at radius 3 is 2.22 bits per heavy atom. The summed E-state index contributed by atoms with van der Waals surface area (Å²) in [6.07, 6.45) is 2.44. The first-order chi connectivity index (χ1) is 10.8. The summed E-state index contributed by atoms with van der Waals surface area (Å²) in [5, 5.41) is -0.387. The molecular weight excluding hydrogens is 308 g/mol. The van der Waals surface area contributed by atoms with Crippen LogP contribution in [0.4, 0.5) is 0 Å². The van der Waals surface area contributed by atoms with Gasteiger partial charge in [-0.2, -0.15) is 0 Å². The fourth-order valence-corrected chi connectivity index (χ4v) is 3.78. The van der Waals surface area contributed by atoms with E-state index in [2.05, 4.69) is 47.9 Å². The van der Waals surface area contributed by atoms with Crippen molar-refractivity contribution in [1.29, 1.82) is 0 Å². The second kappa shape index (κ2) is 7.77. The van der Waals surface area contributed by atoms with Crippen molar-refractivity contribution < 1.29 is 8.42 Å². The minimum atomic E-state index is -3.19. The lowest BCUT2D eigenvalue weighted by Gasteiger charge is -2.29. The van der Waals surface area contributed by atoms with E-state index in [1.807, 2.05) is 0 Å². The van der Waals surface area contributed by atoms with Crippen LogP contribution in [0.5, 0.6) is 0 Å². The molecule has 0 bridgehead atoms. The largest absolute Gasteiger partial charge is 0.306 e. The summed E-state index contributed by atoms with van der Waals surface area (Å²) in [5.41, 5.74) is 2.60. The number of likely N-dealkylation sites (tertiary alicyclic amines) is 1. The summed E-state index contributed by atoms with van der Waals surface area (Å²) < 4.78 is 26.4. The summed E-state index contributed by atoms with van der Waals surface area (Å²) in [4.78, 5) is 2.38. The van der Waals surface area contributed by atoms with Gasteiger partial charge in [0.1, 0.15) is 0 Å². The topological polar surface area (TPSA) is 49.4 Å². The van der Waals surface area contributed by atoms with Gasteiger partial charge in [0.05, 0.1) is 5.25 Å². The number of hydrogen-bond donors (Lipinski definition) is 1. The van der Waals surface area contributed by atoms with Gasteiger partial charge in [-0.3, -0.25) is 0 Å². The second-order valence-electron chi connectivity index (χ2n) is 7.09. The van der Waals surface area contributed by atoms with Crippen LogP contribution in [0.25, 0.3) is 0 Å². The van der Waals surface area contributed by atoms with Gasteiger partial charge in [0, 0.05) is 6.54 Å². The minimum Gasteiger partial charge on any atom is -0.306 e. The molecule has 0 aliphatic carbocycles. The predicted octanol–water partition coefficient (Wildman–Crippen LogP) is 2.93. The third-order valence-corrected chi connectivity index (χ3v) is 6.72. The van der Waals surface area contributed by atoms with Gasteiger partial charge >= 0.3 is 0 Å². The van der Waals surface area contributed by atoms with Crippen LogP contribution in [-0.2, 0) is 10.0 Å². The van der Waals surface area contributed by atoms with Crippen molar-refractivity contribution in [2.24, 2.45) is 0 Å². The Morgan fingerprint density at radius 2 is 1.70 bits per heavy atom. The van der Waals surface area contributed by atoms with Gasteiger partial charge < -0.3 is 4.90 Å². The second-order valence-corrected chi connectivity index (χ2v) is 9.41. The van der Waals surface area contributed by atoms with E-state index >= 15 is 0 Å². The summed E-state index contributed by atoms with van der Waals surface area (Å²) >= 11 is 0. The highest BCUT2D eigenvalue weighted by Crippen LogP contribution is 2.28. The Morgan fingerprint density at radius 1 is 1.13 bits per heavy atom. The van der Waals surface area contributed by atoms with Gasteiger partial charge in [0.15, 0.2) is 0 Å². The Hall–Kier alpha value is -0.910. The lowest BCUT2D eigenvalue weighted by molar-refractivity contribution is 0.255. The maximum absolute atomic E-state index is 11.8. The zero-order valence-electron chi connectivity index (χ0n) is 14.7. The average molecular weight is 339 g/mol. The number of benzene rings is 1. The van der Waals surface area contributed by atoms with E-state index in [0.29, 0.717) is 12.5 Å². The van der Waals surface area contributed by atoms with Crippen molar-refractivity contribution in [2.75, 3.05) is 26.7 Å². The Balaban J connectivity index is 1.94. The Bertz CT molecular complexity index is 588. The van der Waals surface area contributed by atoms with E-state index in [9.17, 15) is 8.42 Å². The quantitative estimate of drug-likeness (QED) is 0.867. The molecule has 2 rings (SSSR count). The molecule has 1 fully saturated rings. The number of piperidine rings is 1. The zero-order valence-corrected chi connectivity index (χ0v) is 15.6. The summed E-state index contributed by atoms with van der Waals surface area (Å²) in [7, 11) is -1.01. The van der Waals surface area contributed by atoms with Crippen LogP contribution in [0.2, 0.25) is 0 Å². The van der Waals surface area contributed by atoms with Crippen LogP contribution >= 0.6 is 0 Å². The monoisotopic (exact) mass is 338 g/mol. The molecule has 1 aromatic carbocycles. The number of hydrogen-bond acceptors (Lipinski definition) is 3. The van der Waals surface area contributed by atoms with Gasteiger partial charge in [-0.05, 0) is 69.8 Å². The Labute approximate surface area is 141 Å². The predicted molar refractivity (Wildman–Crippen MR) is 96.4 cm³/mol. The van der Waals surface area contributed by atoms with E-state index in [0.717, 1.165) is 0 Å². The Kier molecular flexibility index (Phi) is 6.23. The van der Waals surface area contributed by atoms with E-state index in [1.54, 1.807) is 13.8 Å². The van der Waals surface area contributed by atoms with Crippen LogP contribution in [0, 0.1) is 0 Å². The van der Waals surface area contributed by atoms with Gasteiger partial charge in [-0.15, -0.1) is 0 Å². The number of rotatable bonds is 6. The maximum Gasteiger partial charge on any atom is 0.213 e. The first-order valence-electron chi connectivity index (χ1n) is 8.56. The van der Waals surface area contributed by atoms with Crippen molar-refractivity contribution in [3.8, 4) is 0 Å². The van der Waals surface area contributed by atoms with Gasteiger partial charge in [-0.25, -0.2) is 13.1 Å². The van der Waals surface area contributed by atoms with Crippen molar-refractivity contribution in [2.45, 2.75) is 50.7 Å². The van der Waals surface area contributed by atoms with Crippen molar-refractivity contribution >= 4 is 10.0 Å². The smallest absolute Gasteiger partial charge is 0.213 e. The standard InChI is InChI=1S/C18H30N2O2S/c1-14(2)23(21,22)19-13-15(3)16-5-7-17(8-6-16)18-9-11-20(4)12-10-18/h5-8,14-15,18-19H,9-13H2,1-4H3. The van der Waals surface area contributed by atoms with E-state index in [1.165, 1.54) is 37.1 Å². The fraction of sp³-hybridized carbons (Fsp3) is 0.667. The molecule has 0 saturated carbocycles.